The highest BCUT2D eigenvalue weighted by Gasteiger charge is 2.11. The third-order valence-electron chi connectivity index (χ3n) is 2.87. The third-order valence-corrected chi connectivity index (χ3v) is 3.11. The molecule has 0 aliphatic carbocycles. The van der Waals surface area contributed by atoms with Gasteiger partial charge in [-0.3, -0.25) is 9.59 Å². The Morgan fingerprint density at radius 3 is 2.62 bits per heavy atom. The van der Waals surface area contributed by atoms with Crippen LogP contribution >= 0.6 is 11.6 Å². The molecule has 0 fully saturated rings. The quantitative estimate of drug-likeness (QED) is 0.537. The average Bonchev–Trinajstić information content (AvgIpc) is 2.43. The van der Waals surface area contributed by atoms with Crippen LogP contribution in [0, 0.1) is 5.92 Å². The number of benzene rings is 1. The molecule has 4 nitrogen and oxygen atoms in total. The van der Waals surface area contributed by atoms with Crippen LogP contribution in [0.15, 0.2) is 24.3 Å². The number of hydrogen-bond donors (Lipinski definition) is 0. The third kappa shape index (κ3) is 7.71. The van der Waals surface area contributed by atoms with Gasteiger partial charge in [0.2, 0.25) is 0 Å². The Morgan fingerprint density at radius 2 is 1.95 bits per heavy atom. The van der Waals surface area contributed by atoms with E-state index in [4.69, 9.17) is 21.1 Å². The summed E-state index contributed by atoms with van der Waals surface area (Å²) < 4.78 is 10.2. The Labute approximate surface area is 130 Å². The van der Waals surface area contributed by atoms with Gasteiger partial charge in [-0.05, 0) is 30.5 Å². The summed E-state index contributed by atoms with van der Waals surface area (Å²) in [4.78, 5) is 23.1. The summed E-state index contributed by atoms with van der Waals surface area (Å²) in [5.74, 6) is -0.133. The highest BCUT2D eigenvalue weighted by molar-refractivity contribution is 6.30. The highest BCUT2D eigenvalue weighted by atomic mass is 35.5. The molecule has 0 radical (unpaired) electrons. The molecule has 0 bridgehead atoms. The first-order chi connectivity index (χ1) is 10.0. The Morgan fingerprint density at radius 1 is 1.24 bits per heavy atom. The zero-order valence-electron chi connectivity index (χ0n) is 12.4. The second kappa shape index (κ2) is 9.40. The first-order valence-electron chi connectivity index (χ1n) is 7.13. The van der Waals surface area contributed by atoms with Gasteiger partial charge >= 0.3 is 11.9 Å². The average molecular weight is 313 g/mol. The van der Waals surface area contributed by atoms with Crippen LogP contribution in [0.3, 0.4) is 0 Å². The van der Waals surface area contributed by atoms with Crippen molar-refractivity contribution in [2.75, 3.05) is 6.61 Å². The van der Waals surface area contributed by atoms with Crippen LogP contribution in [0.25, 0.3) is 0 Å². The van der Waals surface area contributed by atoms with E-state index in [0.29, 0.717) is 23.3 Å². The predicted molar refractivity (Wildman–Crippen MR) is 81.4 cm³/mol. The van der Waals surface area contributed by atoms with Crippen molar-refractivity contribution in [1.82, 2.24) is 0 Å². The van der Waals surface area contributed by atoms with Gasteiger partial charge in [-0.25, -0.2) is 0 Å². The molecular formula is C16H21ClO4. The van der Waals surface area contributed by atoms with Crippen LogP contribution in [-0.2, 0) is 14.3 Å². The summed E-state index contributed by atoms with van der Waals surface area (Å²) in [5, 5.41) is 0.490. The van der Waals surface area contributed by atoms with Gasteiger partial charge < -0.3 is 9.47 Å². The summed E-state index contributed by atoms with van der Waals surface area (Å²) >= 11 is 5.79. The van der Waals surface area contributed by atoms with E-state index in [1.807, 2.05) is 6.92 Å². The Bertz CT molecular complexity index is 473. The minimum atomic E-state index is -0.476. The molecule has 0 aliphatic rings. The highest BCUT2D eigenvalue weighted by Crippen LogP contribution is 2.17. The van der Waals surface area contributed by atoms with Gasteiger partial charge in [0.1, 0.15) is 5.75 Å². The Kier molecular flexibility index (Phi) is 7.83. The van der Waals surface area contributed by atoms with Crippen LogP contribution in [-0.4, -0.2) is 18.5 Å². The fourth-order valence-corrected chi connectivity index (χ4v) is 1.98. The van der Waals surface area contributed by atoms with Crippen molar-refractivity contribution in [1.29, 1.82) is 0 Å². The number of carbonyl (C=O) groups is 2. The Hall–Kier alpha value is -1.55. The van der Waals surface area contributed by atoms with Gasteiger partial charge in [0.25, 0.3) is 0 Å². The molecule has 0 spiro atoms. The first kappa shape index (κ1) is 17.5. The van der Waals surface area contributed by atoms with E-state index >= 15 is 0 Å². The molecule has 0 saturated heterocycles. The molecule has 1 aromatic rings. The second-order valence-corrected chi connectivity index (χ2v) is 5.44. The van der Waals surface area contributed by atoms with Gasteiger partial charge in [0, 0.05) is 5.02 Å². The summed E-state index contributed by atoms with van der Waals surface area (Å²) in [6, 6.07) is 6.56. The zero-order valence-corrected chi connectivity index (χ0v) is 13.2. The van der Waals surface area contributed by atoms with Gasteiger partial charge in [0.05, 0.1) is 19.4 Å². The number of halogens is 1. The van der Waals surface area contributed by atoms with Crippen molar-refractivity contribution in [3.05, 3.63) is 29.3 Å². The number of hydrogen-bond acceptors (Lipinski definition) is 4. The molecule has 0 aliphatic heterocycles. The molecule has 0 amide bonds. The summed E-state index contributed by atoms with van der Waals surface area (Å²) in [6.07, 6.45) is 2.10. The molecule has 5 heteroatoms. The van der Waals surface area contributed by atoms with Crippen molar-refractivity contribution in [3.63, 3.8) is 0 Å². The molecular weight excluding hydrogens is 292 g/mol. The summed E-state index contributed by atoms with van der Waals surface area (Å²) in [5.41, 5.74) is 0. The fourth-order valence-electron chi connectivity index (χ4n) is 1.80. The van der Waals surface area contributed by atoms with E-state index in [9.17, 15) is 9.59 Å². The van der Waals surface area contributed by atoms with E-state index in [1.54, 1.807) is 24.3 Å². The van der Waals surface area contributed by atoms with E-state index < -0.39 is 5.97 Å². The lowest BCUT2D eigenvalue weighted by atomic mass is 10.1. The second-order valence-electron chi connectivity index (χ2n) is 5.01. The Balaban J connectivity index is 2.25. The molecule has 0 saturated carbocycles. The molecule has 1 atom stereocenters. The summed E-state index contributed by atoms with van der Waals surface area (Å²) in [7, 11) is 0. The van der Waals surface area contributed by atoms with Gasteiger partial charge in [-0.1, -0.05) is 37.9 Å². The minimum absolute atomic E-state index is 0.00644. The standard InChI is InChI=1S/C16H21ClO4/c1-3-5-12(2)11-20-15(18)8-9-16(19)21-14-7-4-6-13(17)10-14/h4,6-7,10,12H,3,5,8-9,11H2,1-2H3. The predicted octanol–water partition coefficient (Wildman–Crippen LogP) is 4.01. The van der Waals surface area contributed by atoms with E-state index in [0.717, 1.165) is 12.8 Å². The van der Waals surface area contributed by atoms with Crippen molar-refractivity contribution in [2.45, 2.75) is 39.5 Å². The van der Waals surface area contributed by atoms with Gasteiger partial charge in [0.15, 0.2) is 0 Å². The number of carbonyl (C=O) groups excluding carboxylic acids is 2. The lowest BCUT2D eigenvalue weighted by molar-refractivity contribution is -0.148. The maximum absolute atomic E-state index is 11.6. The minimum Gasteiger partial charge on any atom is -0.465 e. The van der Waals surface area contributed by atoms with E-state index in [-0.39, 0.29) is 18.8 Å². The summed E-state index contributed by atoms with van der Waals surface area (Å²) in [6.45, 7) is 4.52. The monoisotopic (exact) mass is 312 g/mol. The van der Waals surface area contributed by atoms with E-state index in [1.165, 1.54) is 0 Å². The largest absolute Gasteiger partial charge is 0.465 e. The molecule has 1 unspecified atom stereocenters. The van der Waals surface area contributed by atoms with Crippen molar-refractivity contribution < 1.29 is 19.1 Å². The van der Waals surface area contributed by atoms with Gasteiger partial charge in [-0.2, -0.15) is 0 Å². The number of ether oxygens (including phenoxy) is 2. The maximum Gasteiger partial charge on any atom is 0.311 e. The number of esters is 2. The smallest absolute Gasteiger partial charge is 0.311 e. The number of rotatable bonds is 8. The molecule has 21 heavy (non-hydrogen) atoms. The molecule has 0 heterocycles. The van der Waals surface area contributed by atoms with Crippen molar-refractivity contribution >= 4 is 23.5 Å². The topological polar surface area (TPSA) is 52.6 Å². The fraction of sp³-hybridized carbons (Fsp3) is 0.500. The van der Waals surface area contributed by atoms with Gasteiger partial charge in [-0.15, -0.1) is 0 Å². The molecule has 0 N–H and O–H groups in total. The van der Waals surface area contributed by atoms with Crippen LogP contribution < -0.4 is 4.74 Å². The van der Waals surface area contributed by atoms with Crippen molar-refractivity contribution in [2.24, 2.45) is 5.92 Å². The molecule has 1 aromatic carbocycles. The first-order valence-corrected chi connectivity index (χ1v) is 7.51. The normalized spacial score (nSPS) is 11.8. The molecule has 0 aromatic heterocycles. The van der Waals surface area contributed by atoms with Crippen LogP contribution in [0.2, 0.25) is 5.02 Å². The molecule has 116 valence electrons. The van der Waals surface area contributed by atoms with Crippen LogP contribution in [0.1, 0.15) is 39.5 Å². The zero-order chi connectivity index (χ0) is 15.7. The van der Waals surface area contributed by atoms with Crippen molar-refractivity contribution in [3.8, 4) is 5.75 Å². The lowest BCUT2D eigenvalue weighted by Gasteiger charge is -2.10. The van der Waals surface area contributed by atoms with Crippen LogP contribution in [0.4, 0.5) is 0 Å². The lowest BCUT2D eigenvalue weighted by Crippen LogP contribution is -2.15. The van der Waals surface area contributed by atoms with E-state index in [2.05, 4.69) is 6.92 Å². The van der Waals surface area contributed by atoms with Crippen LogP contribution in [0.5, 0.6) is 5.75 Å². The maximum atomic E-state index is 11.6. The molecule has 1 rings (SSSR count). The SMILES string of the molecule is CCCC(C)COC(=O)CCC(=O)Oc1cccc(Cl)c1.